The third kappa shape index (κ3) is 6.22. The van der Waals surface area contributed by atoms with E-state index in [1.54, 1.807) is 0 Å². The van der Waals surface area contributed by atoms with Crippen molar-refractivity contribution >= 4 is 28.1 Å². The second-order valence-electron chi connectivity index (χ2n) is 6.45. The summed E-state index contributed by atoms with van der Waals surface area (Å²) in [6, 6.07) is 22.1. The van der Waals surface area contributed by atoms with Crippen molar-refractivity contribution in [1.82, 2.24) is 5.32 Å². The van der Waals surface area contributed by atoms with Gasteiger partial charge in [-0.25, -0.2) is 0 Å². The summed E-state index contributed by atoms with van der Waals surface area (Å²) in [5.74, 6) is 0. The van der Waals surface area contributed by atoms with Gasteiger partial charge in [-0.15, -0.1) is 0 Å². The highest BCUT2D eigenvalue weighted by Crippen LogP contribution is 2.22. The highest BCUT2D eigenvalue weighted by atomic mass is 35.5. The molecule has 142 valence electrons. The molecule has 0 saturated carbocycles. The van der Waals surface area contributed by atoms with Crippen LogP contribution in [0.15, 0.2) is 66.7 Å². The zero-order valence-electron chi connectivity index (χ0n) is 15.2. The lowest BCUT2D eigenvalue weighted by Crippen LogP contribution is -2.33. The van der Waals surface area contributed by atoms with Gasteiger partial charge < -0.3 is 20.5 Å². The fraction of sp³-hybridized carbons (Fsp3) is 0.273. The maximum Gasteiger partial charge on any atom is 0.0897 e. The summed E-state index contributed by atoms with van der Waals surface area (Å²) in [5, 5.41) is 19.8. The number of nitrogens with one attached hydrogen (secondary N) is 2. The lowest BCUT2D eigenvalue weighted by molar-refractivity contribution is 0.0291. The van der Waals surface area contributed by atoms with Gasteiger partial charge in [0.15, 0.2) is 0 Å². The summed E-state index contributed by atoms with van der Waals surface area (Å²) in [6.07, 6.45) is -0.533. The standard InChI is InChI=1S/C22H25ClN2O2/c23-19-10-8-17(9-11-19)15-27-16-20(26)14-24-12-13-25-22-7-3-5-18-4-1-2-6-21(18)22/h1-11,20,24-26H,12-16H2. The Morgan fingerprint density at radius 2 is 1.70 bits per heavy atom. The Morgan fingerprint density at radius 1 is 0.926 bits per heavy atom. The second kappa shape index (κ2) is 10.3. The number of aliphatic hydroxyl groups excluding tert-OH is 1. The van der Waals surface area contributed by atoms with Crippen LogP contribution in [-0.4, -0.2) is 37.5 Å². The summed E-state index contributed by atoms with van der Waals surface area (Å²) in [5.41, 5.74) is 2.17. The zero-order valence-corrected chi connectivity index (χ0v) is 16.0. The Kier molecular flexibility index (Phi) is 7.48. The monoisotopic (exact) mass is 384 g/mol. The van der Waals surface area contributed by atoms with Crippen LogP contribution in [0.4, 0.5) is 5.69 Å². The van der Waals surface area contributed by atoms with Crippen LogP contribution in [0.2, 0.25) is 5.02 Å². The number of hydrogen-bond donors (Lipinski definition) is 3. The van der Waals surface area contributed by atoms with E-state index in [1.165, 1.54) is 10.8 Å². The number of fused-ring (bicyclic) bond motifs is 1. The Labute approximate surface area is 165 Å². The van der Waals surface area contributed by atoms with Gasteiger partial charge in [0.2, 0.25) is 0 Å². The molecule has 27 heavy (non-hydrogen) atoms. The average Bonchev–Trinajstić information content (AvgIpc) is 2.69. The van der Waals surface area contributed by atoms with Gasteiger partial charge in [-0.2, -0.15) is 0 Å². The van der Waals surface area contributed by atoms with Crippen LogP contribution in [0, 0.1) is 0 Å². The fourth-order valence-corrected chi connectivity index (χ4v) is 3.01. The molecule has 0 aliphatic heterocycles. The lowest BCUT2D eigenvalue weighted by Gasteiger charge is -2.14. The molecule has 3 rings (SSSR count). The van der Waals surface area contributed by atoms with Gasteiger partial charge in [-0.3, -0.25) is 0 Å². The first kappa shape index (κ1) is 19.6. The molecule has 0 heterocycles. The summed E-state index contributed by atoms with van der Waals surface area (Å²) < 4.78 is 5.55. The smallest absolute Gasteiger partial charge is 0.0897 e. The molecule has 3 aromatic carbocycles. The molecular weight excluding hydrogens is 360 g/mol. The molecule has 0 spiro atoms. The number of hydrogen-bond acceptors (Lipinski definition) is 4. The van der Waals surface area contributed by atoms with Gasteiger partial charge in [-0.05, 0) is 29.1 Å². The molecule has 3 aromatic rings. The van der Waals surface area contributed by atoms with Crippen molar-refractivity contribution in [2.45, 2.75) is 12.7 Å². The molecule has 0 aromatic heterocycles. The number of aliphatic hydroxyl groups is 1. The SMILES string of the molecule is OC(CNCCNc1cccc2ccccc12)COCc1ccc(Cl)cc1. The molecule has 3 N–H and O–H groups in total. The van der Waals surface area contributed by atoms with Gasteiger partial charge in [-0.1, -0.05) is 60.1 Å². The molecule has 0 aliphatic carbocycles. The van der Waals surface area contributed by atoms with Crippen LogP contribution < -0.4 is 10.6 Å². The Hall–Kier alpha value is -2.11. The van der Waals surface area contributed by atoms with Crippen molar-refractivity contribution in [2.75, 3.05) is 31.6 Å². The second-order valence-corrected chi connectivity index (χ2v) is 6.89. The molecule has 4 nitrogen and oxygen atoms in total. The van der Waals surface area contributed by atoms with E-state index in [2.05, 4.69) is 41.0 Å². The maximum absolute atomic E-state index is 10.00. The van der Waals surface area contributed by atoms with Gasteiger partial charge >= 0.3 is 0 Å². The average molecular weight is 385 g/mol. The van der Waals surface area contributed by atoms with Crippen molar-refractivity contribution < 1.29 is 9.84 Å². The maximum atomic E-state index is 10.00. The van der Waals surface area contributed by atoms with E-state index in [1.807, 2.05) is 36.4 Å². The van der Waals surface area contributed by atoms with E-state index in [0.717, 1.165) is 24.3 Å². The van der Waals surface area contributed by atoms with Crippen molar-refractivity contribution in [3.05, 3.63) is 77.3 Å². The highest BCUT2D eigenvalue weighted by molar-refractivity contribution is 6.30. The van der Waals surface area contributed by atoms with E-state index >= 15 is 0 Å². The third-order valence-corrected chi connectivity index (χ3v) is 4.53. The van der Waals surface area contributed by atoms with Crippen molar-refractivity contribution in [2.24, 2.45) is 0 Å². The van der Waals surface area contributed by atoms with E-state index in [9.17, 15) is 5.11 Å². The van der Waals surface area contributed by atoms with Crippen molar-refractivity contribution in [1.29, 1.82) is 0 Å². The topological polar surface area (TPSA) is 53.5 Å². The first-order valence-electron chi connectivity index (χ1n) is 9.15. The van der Waals surface area contributed by atoms with Crippen LogP contribution in [0.1, 0.15) is 5.56 Å². The quantitative estimate of drug-likeness (QED) is 0.461. The number of halogens is 1. The molecule has 0 fully saturated rings. The first-order chi connectivity index (χ1) is 13.2. The molecule has 5 heteroatoms. The molecule has 1 atom stereocenters. The lowest BCUT2D eigenvalue weighted by atomic mass is 10.1. The predicted molar refractivity (Wildman–Crippen MR) is 112 cm³/mol. The van der Waals surface area contributed by atoms with E-state index in [-0.39, 0.29) is 0 Å². The molecule has 0 bridgehead atoms. The number of benzene rings is 3. The summed E-state index contributed by atoms with van der Waals surface area (Å²) in [6.45, 7) is 2.81. The minimum Gasteiger partial charge on any atom is -0.389 e. The predicted octanol–water partition coefficient (Wildman–Crippen LogP) is 4.07. The largest absolute Gasteiger partial charge is 0.389 e. The molecular formula is C22H25ClN2O2. The zero-order chi connectivity index (χ0) is 18.9. The van der Waals surface area contributed by atoms with E-state index in [0.29, 0.717) is 24.8 Å². The Balaban J connectivity index is 1.31. The van der Waals surface area contributed by atoms with Crippen LogP contribution >= 0.6 is 11.6 Å². The molecule has 0 amide bonds. The normalized spacial score (nSPS) is 12.2. The van der Waals surface area contributed by atoms with E-state index < -0.39 is 6.10 Å². The Bertz CT molecular complexity index is 834. The van der Waals surface area contributed by atoms with Gasteiger partial charge in [0, 0.05) is 35.7 Å². The van der Waals surface area contributed by atoms with Gasteiger partial charge in [0.1, 0.15) is 0 Å². The van der Waals surface area contributed by atoms with Gasteiger partial charge in [0.25, 0.3) is 0 Å². The summed E-state index contributed by atoms with van der Waals surface area (Å²) in [4.78, 5) is 0. The number of anilines is 1. The van der Waals surface area contributed by atoms with Crippen molar-refractivity contribution in [3.63, 3.8) is 0 Å². The van der Waals surface area contributed by atoms with Crippen LogP contribution in [0.25, 0.3) is 10.8 Å². The minimum absolute atomic E-state index is 0.298. The number of ether oxygens (including phenoxy) is 1. The number of rotatable bonds is 10. The summed E-state index contributed by atoms with van der Waals surface area (Å²) in [7, 11) is 0. The fourth-order valence-electron chi connectivity index (χ4n) is 2.89. The van der Waals surface area contributed by atoms with E-state index in [4.69, 9.17) is 16.3 Å². The third-order valence-electron chi connectivity index (χ3n) is 4.28. The van der Waals surface area contributed by atoms with Crippen LogP contribution in [-0.2, 0) is 11.3 Å². The summed E-state index contributed by atoms with van der Waals surface area (Å²) >= 11 is 5.85. The molecule has 0 aliphatic rings. The highest BCUT2D eigenvalue weighted by Gasteiger charge is 2.04. The van der Waals surface area contributed by atoms with Crippen LogP contribution in [0.5, 0.6) is 0 Å². The molecule has 1 unspecified atom stereocenters. The van der Waals surface area contributed by atoms with Gasteiger partial charge in [0.05, 0.1) is 19.3 Å². The van der Waals surface area contributed by atoms with Crippen molar-refractivity contribution in [3.8, 4) is 0 Å². The minimum atomic E-state index is -0.533. The Morgan fingerprint density at radius 3 is 2.56 bits per heavy atom. The molecule has 0 saturated heterocycles. The first-order valence-corrected chi connectivity index (χ1v) is 9.53. The van der Waals surface area contributed by atoms with Crippen LogP contribution in [0.3, 0.4) is 0 Å². The molecule has 0 radical (unpaired) electrons.